The SMILES string of the molecule is O=C(NCCCN1C(=O)c2ccccc2C1=O)Nc1ccc(I)cc1. The third-order valence-corrected chi connectivity index (χ3v) is 4.54. The molecule has 0 saturated carbocycles. The quantitative estimate of drug-likeness (QED) is 0.419. The molecule has 4 amide bonds. The lowest BCUT2D eigenvalue weighted by atomic mass is 10.1. The smallest absolute Gasteiger partial charge is 0.319 e. The number of fused-ring (bicyclic) bond motifs is 1. The van der Waals surface area contributed by atoms with E-state index in [4.69, 9.17) is 0 Å². The van der Waals surface area contributed by atoms with Crippen molar-refractivity contribution in [2.45, 2.75) is 6.42 Å². The maximum atomic E-state index is 12.2. The van der Waals surface area contributed by atoms with Gasteiger partial charge in [-0.2, -0.15) is 0 Å². The highest BCUT2D eigenvalue weighted by molar-refractivity contribution is 14.1. The number of urea groups is 1. The number of hydrogen-bond acceptors (Lipinski definition) is 3. The molecule has 0 fully saturated rings. The van der Waals surface area contributed by atoms with Gasteiger partial charge in [-0.25, -0.2) is 4.79 Å². The topological polar surface area (TPSA) is 78.5 Å². The first-order valence-electron chi connectivity index (χ1n) is 7.82. The zero-order valence-corrected chi connectivity index (χ0v) is 15.4. The molecule has 1 aliphatic rings. The van der Waals surface area contributed by atoms with Crippen LogP contribution in [0.5, 0.6) is 0 Å². The number of carbonyl (C=O) groups excluding carboxylic acids is 3. The number of nitrogens with zero attached hydrogens (tertiary/aromatic N) is 1. The molecule has 2 aromatic rings. The zero-order valence-electron chi connectivity index (χ0n) is 13.3. The zero-order chi connectivity index (χ0) is 17.8. The van der Waals surface area contributed by atoms with Crippen LogP contribution in [0.2, 0.25) is 0 Å². The van der Waals surface area contributed by atoms with Gasteiger partial charge in [0.15, 0.2) is 0 Å². The van der Waals surface area contributed by atoms with E-state index in [1.807, 2.05) is 24.3 Å². The summed E-state index contributed by atoms with van der Waals surface area (Å²) in [5, 5.41) is 5.45. The Balaban J connectivity index is 1.45. The summed E-state index contributed by atoms with van der Waals surface area (Å²) in [5.74, 6) is -0.548. The summed E-state index contributed by atoms with van der Waals surface area (Å²) >= 11 is 2.19. The average molecular weight is 449 g/mol. The van der Waals surface area contributed by atoms with Crippen molar-refractivity contribution >= 4 is 46.1 Å². The molecular weight excluding hydrogens is 433 g/mol. The van der Waals surface area contributed by atoms with Gasteiger partial charge >= 0.3 is 6.03 Å². The Bertz CT molecular complexity index is 786. The minimum atomic E-state index is -0.316. The summed E-state index contributed by atoms with van der Waals surface area (Å²) in [6, 6.07) is 13.9. The van der Waals surface area contributed by atoms with Gasteiger partial charge in [0.25, 0.3) is 11.8 Å². The van der Waals surface area contributed by atoms with Crippen LogP contribution in [-0.4, -0.2) is 35.8 Å². The summed E-state index contributed by atoms with van der Waals surface area (Å²) in [4.78, 5) is 37.5. The van der Waals surface area contributed by atoms with Crippen LogP contribution in [0.4, 0.5) is 10.5 Å². The molecule has 2 N–H and O–H groups in total. The number of carbonyl (C=O) groups is 3. The van der Waals surface area contributed by atoms with E-state index in [1.165, 1.54) is 4.90 Å². The predicted octanol–water partition coefficient (Wildman–Crippen LogP) is 3.10. The van der Waals surface area contributed by atoms with Crippen molar-refractivity contribution in [3.8, 4) is 0 Å². The summed E-state index contributed by atoms with van der Waals surface area (Å²) in [6.07, 6.45) is 0.492. The van der Waals surface area contributed by atoms with E-state index >= 15 is 0 Å². The van der Waals surface area contributed by atoms with Crippen molar-refractivity contribution in [1.29, 1.82) is 0 Å². The maximum Gasteiger partial charge on any atom is 0.319 e. The monoisotopic (exact) mass is 449 g/mol. The van der Waals surface area contributed by atoms with Gasteiger partial charge in [-0.3, -0.25) is 14.5 Å². The number of anilines is 1. The van der Waals surface area contributed by atoms with Crippen LogP contribution in [-0.2, 0) is 0 Å². The van der Waals surface area contributed by atoms with E-state index in [0.29, 0.717) is 29.8 Å². The number of hydrogen-bond donors (Lipinski definition) is 2. The summed E-state index contributed by atoms with van der Waals surface area (Å²) in [7, 11) is 0. The van der Waals surface area contributed by atoms with Gasteiger partial charge in [0.1, 0.15) is 0 Å². The number of rotatable bonds is 5. The van der Waals surface area contributed by atoms with Gasteiger partial charge in [-0.05, 0) is 65.4 Å². The molecule has 0 unspecified atom stereocenters. The number of halogens is 1. The first-order chi connectivity index (χ1) is 12.1. The van der Waals surface area contributed by atoms with E-state index in [1.54, 1.807) is 24.3 Å². The molecular formula is C18H16IN3O3. The summed E-state index contributed by atoms with van der Waals surface area (Å²) in [5.41, 5.74) is 1.59. The number of imide groups is 1. The van der Waals surface area contributed by atoms with E-state index < -0.39 is 0 Å². The summed E-state index contributed by atoms with van der Waals surface area (Å²) < 4.78 is 1.09. The minimum absolute atomic E-state index is 0.274. The average Bonchev–Trinajstić information content (AvgIpc) is 2.86. The van der Waals surface area contributed by atoms with Crippen molar-refractivity contribution in [3.05, 3.63) is 63.2 Å². The molecule has 0 spiro atoms. The molecule has 0 saturated heterocycles. The maximum absolute atomic E-state index is 12.2. The lowest BCUT2D eigenvalue weighted by Crippen LogP contribution is -2.35. The fourth-order valence-electron chi connectivity index (χ4n) is 2.59. The Labute approximate surface area is 158 Å². The van der Waals surface area contributed by atoms with E-state index in [9.17, 15) is 14.4 Å². The number of nitrogens with one attached hydrogen (secondary N) is 2. The molecule has 25 heavy (non-hydrogen) atoms. The minimum Gasteiger partial charge on any atom is -0.338 e. The van der Waals surface area contributed by atoms with E-state index in [-0.39, 0.29) is 24.4 Å². The molecule has 0 aromatic heterocycles. The van der Waals surface area contributed by atoms with Crippen LogP contribution in [0.15, 0.2) is 48.5 Å². The Morgan fingerprint density at radius 1 is 0.960 bits per heavy atom. The van der Waals surface area contributed by atoms with Crippen LogP contribution < -0.4 is 10.6 Å². The number of amides is 4. The molecule has 128 valence electrons. The van der Waals surface area contributed by atoms with Gasteiger partial charge < -0.3 is 10.6 Å². The number of benzene rings is 2. The highest BCUT2D eigenvalue weighted by Crippen LogP contribution is 2.22. The van der Waals surface area contributed by atoms with Crippen LogP contribution >= 0.6 is 22.6 Å². The molecule has 2 aromatic carbocycles. The fraction of sp³-hybridized carbons (Fsp3) is 0.167. The third-order valence-electron chi connectivity index (χ3n) is 3.82. The predicted molar refractivity (Wildman–Crippen MR) is 103 cm³/mol. The molecule has 0 bridgehead atoms. The van der Waals surface area contributed by atoms with Crippen LogP contribution in [0.25, 0.3) is 0 Å². The first kappa shape index (κ1) is 17.4. The second-order valence-electron chi connectivity index (χ2n) is 5.55. The van der Waals surface area contributed by atoms with Gasteiger partial charge in [-0.15, -0.1) is 0 Å². The molecule has 0 radical (unpaired) electrons. The van der Waals surface area contributed by atoms with E-state index in [2.05, 4.69) is 33.2 Å². The second kappa shape index (κ2) is 7.64. The van der Waals surface area contributed by atoms with Crippen LogP contribution in [0, 0.1) is 3.57 Å². The third kappa shape index (κ3) is 3.98. The lowest BCUT2D eigenvalue weighted by molar-refractivity contribution is 0.0653. The standard InChI is InChI=1S/C18H16IN3O3/c19-12-6-8-13(9-7-12)21-18(25)20-10-3-11-22-16(23)14-4-1-2-5-15(14)17(22)24/h1-2,4-9H,3,10-11H2,(H2,20,21,25). The van der Waals surface area contributed by atoms with Gasteiger partial charge in [0.2, 0.25) is 0 Å². The van der Waals surface area contributed by atoms with Gasteiger partial charge in [0.05, 0.1) is 11.1 Å². The lowest BCUT2D eigenvalue weighted by Gasteiger charge is -2.14. The molecule has 7 heteroatoms. The van der Waals surface area contributed by atoms with Crippen LogP contribution in [0.3, 0.4) is 0 Å². The molecule has 1 aliphatic heterocycles. The summed E-state index contributed by atoms with van der Waals surface area (Å²) in [6.45, 7) is 0.639. The Morgan fingerprint density at radius 3 is 2.16 bits per heavy atom. The largest absolute Gasteiger partial charge is 0.338 e. The van der Waals surface area contributed by atoms with Crippen molar-refractivity contribution in [2.75, 3.05) is 18.4 Å². The van der Waals surface area contributed by atoms with Gasteiger partial charge in [-0.1, -0.05) is 12.1 Å². The van der Waals surface area contributed by atoms with Gasteiger partial charge in [0, 0.05) is 22.3 Å². The molecule has 6 nitrogen and oxygen atoms in total. The first-order valence-corrected chi connectivity index (χ1v) is 8.90. The molecule has 3 rings (SSSR count). The fourth-order valence-corrected chi connectivity index (χ4v) is 2.95. The van der Waals surface area contributed by atoms with E-state index in [0.717, 1.165) is 3.57 Å². The van der Waals surface area contributed by atoms with Crippen molar-refractivity contribution < 1.29 is 14.4 Å². The molecule has 0 aliphatic carbocycles. The Hall–Kier alpha value is -2.42. The van der Waals surface area contributed by atoms with Crippen molar-refractivity contribution in [3.63, 3.8) is 0 Å². The van der Waals surface area contributed by atoms with Crippen molar-refractivity contribution in [2.24, 2.45) is 0 Å². The highest BCUT2D eigenvalue weighted by atomic mass is 127. The van der Waals surface area contributed by atoms with Crippen LogP contribution in [0.1, 0.15) is 27.1 Å². The Morgan fingerprint density at radius 2 is 1.56 bits per heavy atom. The molecule has 1 heterocycles. The molecule has 0 atom stereocenters. The highest BCUT2D eigenvalue weighted by Gasteiger charge is 2.34. The van der Waals surface area contributed by atoms with Crippen molar-refractivity contribution in [1.82, 2.24) is 10.2 Å². The second-order valence-corrected chi connectivity index (χ2v) is 6.79. The Kier molecular flexibility index (Phi) is 5.32. The normalized spacial score (nSPS) is 12.9.